The largest absolute Gasteiger partial charge is 0.385 e. The number of halogens is 2. The second kappa shape index (κ2) is 9.50. The normalized spacial score (nSPS) is 15.6. The monoisotopic (exact) mass is 389 g/mol. The molecule has 0 aliphatic carbocycles. The van der Waals surface area contributed by atoms with Gasteiger partial charge < -0.3 is 10.0 Å². The molecule has 0 radical (unpaired) electrons. The average Bonchev–Trinajstić information content (AvgIpc) is 2.61. The summed E-state index contributed by atoms with van der Waals surface area (Å²) in [7, 11) is 4.00. The molecule has 0 aliphatic heterocycles. The third kappa shape index (κ3) is 6.17. The molecule has 0 saturated carbocycles. The average molecular weight is 390 g/mol. The van der Waals surface area contributed by atoms with Crippen LogP contribution in [0.4, 0.5) is 4.39 Å². The predicted molar refractivity (Wildman–Crippen MR) is 112 cm³/mol. The lowest BCUT2D eigenvalue weighted by Crippen LogP contribution is -2.43. The van der Waals surface area contributed by atoms with Gasteiger partial charge in [0.25, 0.3) is 0 Å². The minimum Gasteiger partial charge on any atom is -0.385 e. The number of rotatable bonds is 8. The molecule has 0 spiro atoms. The van der Waals surface area contributed by atoms with Crippen molar-refractivity contribution in [2.24, 2.45) is 5.92 Å². The first-order valence-electron chi connectivity index (χ1n) is 9.26. The smallest absolute Gasteiger partial charge is 0.123 e. The maximum absolute atomic E-state index is 13.5. The Balaban J connectivity index is 2.28. The van der Waals surface area contributed by atoms with E-state index in [2.05, 4.69) is 11.8 Å². The SMILES string of the molecule is CC(=Cc1ccc(Cl)cc1)C(O)(CCc1cccc(F)c1)C(C)CN(C)C. The minimum absolute atomic E-state index is 0.0182. The van der Waals surface area contributed by atoms with E-state index in [0.29, 0.717) is 17.9 Å². The topological polar surface area (TPSA) is 23.5 Å². The molecule has 0 fully saturated rings. The molecule has 146 valence electrons. The summed E-state index contributed by atoms with van der Waals surface area (Å²) in [5.41, 5.74) is 1.80. The van der Waals surface area contributed by atoms with Crippen LogP contribution in [0.5, 0.6) is 0 Å². The van der Waals surface area contributed by atoms with E-state index < -0.39 is 5.60 Å². The van der Waals surface area contributed by atoms with Crippen molar-refractivity contribution in [2.45, 2.75) is 32.3 Å². The Morgan fingerprint density at radius 2 is 1.89 bits per heavy atom. The standard InChI is InChI=1S/C23H29ClFNO/c1-17(14-20-8-10-21(24)11-9-20)23(27,18(2)16-26(3)4)13-12-19-6-5-7-22(25)15-19/h5-11,14-15,18,27H,12-13,16H2,1-4H3. The van der Waals surface area contributed by atoms with E-state index >= 15 is 0 Å². The zero-order chi connectivity index (χ0) is 20.0. The number of benzene rings is 2. The molecule has 2 unspecified atom stereocenters. The fraction of sp³-hybridized carbons (Fsp3) is 0.391. The van der Waals surface area contributed by atoms with Gasteiger partial charge in [-0.25, -0.2) is 4.39 Å². The van der Waals surface area contributed by atoms with Crippen LogP contribution < -0.4 is 0 Å². The van der Waals surface area contributed by atoms with Crippen LogP contribution in [-0.4, -0.2) is 36.2 Å². The Bertz CT molecular complexity index is 772. The molecule has 1 N–H and O–H groups in total. The minimum atomic E-state index is -0.990. The molecular weight excluding hydrogens is 361 g/mol. The van der Waals surface area contributed by atoms with Crippen LogP contribution in [0.2, 0.25) is 5.02 Å². The summed E-state index contributed by atoms with van der Waals surface area (Å²) >= 11 is 5.97. The van der Waals surface area contributed by atoms with Crippen molar-refractivity contribution in [2.75, 3.05) is 20.6 Å². The zero-order valence-corrected chi connectivity index (χ0v) is 17.3. The van der Waals surface area contributed by atoms with E-state index in [1.54, 1.807) is 6.07 Å². The van der Waals surface area contributed by atoms with Gasteiger partial charge in [0, 0.05) is 17.5 Å². The van der Waals surface area contributed by atoms with Crippen LogP contribution in [0.1, 0.15) is 31.4 Å². The van der Waals surface area contributed by atoms with Gasteiger partial charge in [0.05, 0.1) is 5.60 Å². The Kier molecular flexibility index (Phi) is 7.60. The predicted octanol–water partition coefficient (Wildman–Crippen LogP) is 5.44. The van der Waals surface area contributed by atoms with Crippen molar-refractivity contribution in [3.05, 3.63) is 76.1 Å². The van der Waals surface area contributed by atoms with Gasteiger partial charge in [-0.3, -0.25) is 0 Å². The number of nitrogens with zero attached hydrogens (tertiary/aromatic N) is 1. The molecule has 2 rings (SSSR count). The third-order valence-electron chi connectivity index (χ3n) is 5.07. The summed E-state index contributed by atoms with van der Waals surface area (Å²) in [6, 6.07) is 14.2. The molecule has 0 heterocycles. The van der Waals surface area contributed by atoms with Crippen LogP contribution >= 0.6 is 11.6 Å². The van der Waals surface area contributed by atoms with Crippen LogP contribution in [-0.2, 0) is 6.42 Å². The summed E-state index contributed by atoms with van der Waals surface area (Å²) < 4.78 is 13.5. The highest BCUT2D eigenvalue weighted by Crippen LogP contribution is 2.33. The molecule has 4 heteroatoms. The Morgan fingerprint density at radius 1 is 1.22 bits per heavy atom. The maximum Gasteiger partial charge on any atom is 0.123 e. The van der Waals surface area contributed by atoms with Crippen LogP contribution in [0, 0.1) is 11.7 Å². The Labute approximate surface area is 167 Å². The number of aliphatic hydroxyl groups is 1. The van der Waals surface area contributed by atoms with E-state index in [0.717, 1.165) is 23.2 Å². The lowest BCUT2D eigenvalue weighted by Gasteiger charge is -2.37. The molecule has 0 amide bonds. The van der Waals surface area contributed by atoms with Crippen molar-refractivity contribution in [3.8, 4) is 0 Å². The molecule has 0 saturated heterocycles. The highest BCUT2D eigenvalue weighted by molar-refractivity contribution is 6.30. The highest BCUT2D eigenvalue weighted by atomic mass is 35.5. The van der Waals surface area contributed by atoms with E-state index in [1.807, 2.05) is 57.4 Å². The lowest BCUT2D eigenvalue weighted by atomic mass is 9.77. The molecule has 0 bridgehead atoms. The summed E-state index contributed by atoms with van der Waals surface area (Å²) in [6.07, 6.45) is 3.15. The molecule has 27 heavy (non-hydrogen) atoms. The molecule has 0 aliphatic rings. The van der Waals surface area contributed by atoms with Gasteiger partial charge in [-0.15, -0.1) is 0 Å². The first-order valence-corrected chi connectivity index (χ1v) is 9.64. The second-order valence-electron chi connectivity index (χ2n) is 7.60. The zero-order valence-electron chi connectivity index (χ0n) is 16.5. The van der Waals surface area contributed by atoms with Crippen LogP contribution in [0.15, 0.2) is 54.1 Å². The maximum atomic E-state index is 13.5. The fourth-order valence-electron chi connectivity index (χ4n) is 3.49. The van der Waals surface area contributed by atoms with E-state index in [1.165, 1.54) is 12.1 Å². The van der Waals surface area contributed by atoms with Gasteiger partial charge in [0.2, 0.25) is 0 Å². The molecule has 0 aromatic heterocycles. The molecule has 2 atom stereocenters. The van der Waals surface area contributed by atoms with Gasteiger partial charge in [-0.05, 0) is 74.8 Å². The first kappa shape index (κ1) is 21.6. The van der Waals surface area contributed by atoms with Crippen molar-refractivity contribution in [1.29, 1.82) is 0 Å². The van der Waals surface area contributed by atoms with Gasteiger partial charge in [-0.2, -0.15) is 0 Å². The van der Waals surface area contributed by atoms with Crippen molar-refractivity contribution in [3.63, 3.8) is 0 Å². The Hall–Kier alpha value is -1.68. The fourth-order valence-corrected chi connectivity index (χ4v) is 3.62. The highest BCUT2D eigenvalue weighted by Gasteiger charge is 2.35. The summed E-state index contributed by atoms with van der Waals surface area (Å²) in [4.78, 5) is 2.08. The van der Waals surface area contributed by atoms with Gasteiger partial charge in [0.15, 0.2) is 0 Å². The van der Waals surface area contributed by atoms with Crippen molar-refractivity contribution >= 4 is 17.7 Å². The lowest BCUT2D eigenvalue weighted by molar-refractivity contribution is 0.00730. The van der Waals surface area contributed by atoms with E-state index in [4.69, 9.17) is 11.6 Å². The summed E-state index contributed by atoms with van der Waals surface area (Å²) in [6.45, 7) is 4.78. The molecule has 2 nitrogen and oxygen atoms in total. The van der Waals surface area contributed by atoms with Crippen molar-refractivity contribution < 1.29 is 9.50 Å². The molecule has 2 aromatic carbocycles. The van der Waals surface area contributed by atoms with Crippen LogP contribution in [0.25, 0.3) is 6.08 Å². The number of hydrogen-bond donors (Lipinski definition) is 1. The van der Waals surface area contributed by atoms with E-state index in [9.17, 15) is 9.50 Å². The third-order valence-corrected chi connectivity index (χ3v) is 5.33. The first-order chi connectivity index (χ1) is 12.7. The molecule has 2 aromatic rings. The summed E-state index contributed by atoms with van der Waals surface area (Å²) in [5.74, 6) is -0.226. The number of aryl methyl sites for hydroxylation is 1. The molecular formula is C23H29ClFNO. The van der Waals surface area contributed by atoms with Crippen LogP contribution in [0.3, 0.4) is 0 Å². The van der Waals surface area contributed by atoms with Gasteiger partial charge >= 0.3 is 0 Å². The quantitative estimate of drug-likeness (QED) is 0.649. The van der Waals surface area contributed by atoms with Crippen molar-refractivity contribution in [1.82, 2.24) is 4.90 Å². The summed E-state index contributed by atoms with van der Waals surface area (Å²) in [5, 5.41) is 12.3. The second-order valence-corrected chi connectivity index (χ2v) is 8.03. The Morgan fingerprint density at radius 3 is 2.48 bits per heavy atom. The van der Waals surface area contributed by atoms with Gasteiger partial charge in [-0.1, -0.05) is 48.9 Å². The number of hydrogen-bond acceptors (Lipinski definition) is 2. The van der Waals surface area contributed by atoms with E-state index in [-0.39, 0.29) is 11.7 Å². The van der Waals surface area contributed by atoms with Gasteiger partial charge in [0.1, 0.15) is 5.82 Å².